The van der Waals surface area contributed by atoms with Crippen molar-refractivity contribution in [2.75, 3.05) is 6.61 Å². The van der Waals surface area contributed by atoms with Gasteiger partial charge in [-0.3, -0.25) is 10.1 Å². The Balaban J connectivity index is 1.98. The molecule has 0 saturated heterocycles. The van der Waals surface area contributed by atoms with Gasteiger partial charge in [-0.15, -0.1) is 0 Å². The number of benzene rings is 1. The van der Waals surface area contributed by atoms with Crippen LogP contribution >= 0.6 is 15.9 Å². The standard InChI is InChI=1S/C15H19BrN2O5/c1-14(2,3)23-13(19)17-15(6-7-15)9-22-12-5-4-10(16)8-11(12)18(20)21/h4-5,8H,6-7,9H2,1-3H3,(H,17,19). The Morgan fingerprint density at radius 3 is 2.61 bits per heavy atom. The number of carbonyl (C=O) groups excluding carboxylic acids is 1. The van der Waals surface area contributed by atoms with Gasteiger partial charge in [-0.25, -0.2) is 4.79 Å². The van der Waals surface area contributed by atoms with E-state index in [0.717, 1.165) is 12.8 Å². The number of nitrogens with zero attached hydrogens (tertiary/aromatic N) is 1. The number of rotatable bonds is 5. The van der Waals surface area contributed by atoms with Gasteiger partial charge in [-0.1, -0.05) is 15.9 Å². The summed E-state index contributed by atoms with van der Waals surface area (Å²) in [6, 6.07) is 4.59. The third kappa shape index (κ3) is 5.09. The average Bonchev–Trinajstić information content (AvgIpc) is 3.14. The van der Waals surface area contributed by atoms with Gasteiger partial charge in [0.2, 0.25) is 0 Å². The smallest absolute Gasteiger partial charge is 0.408 e. The molecule has 0 bridgehead atoms. The number of nitro benzene ring substituents is 1. The van der Waals surface area contributed by atoms with Crippen molar-refractivity contribution in [3.8, 4) is 5.75 Å². The molecule has 0 unspecified atom stereocenters. The highest BCUT2D eigenvalue weighted by Gasteiger charge is 2.46. The fourth-order valence-electron chi connectivity index (χ4n) is 1.95. The molecule has 126 valence electrons. The van der Waals surface area contributed by atoms with Crippen molar-refractivity contribution in [3.05, 3.63) is 32.8 Å². The predicted molar refractivity (Wildman–Crippen MR) is 87.6 cm³/mol. The Morgan fingerprint density at radius 2 is 2.09 bits per heavy atom. The van der Waals surface area contributed by atoms with Crippen LogP contribution in [0.5, 0.6) is 5.75 Å². The molecule has 1 fully saturated rings. The van der Waals surface area contributed by atoms with Crippen LogP contribution in [0.1, 0.15) is 33.6 Å². The molecule has 1 aliphatic carbocycles. The molecule has 0 radical (unpaired) electrons. The summed E-state index contributed by atoms with van der Waals surface area (Å²) in [5.41, 5.74) is -1.21. The van der Waals surface area contributed by atoms with Crippen molar-refractivity contribution in [2.24, 2.45) is 0 Å². The minimum atomic E-state index is -0.578. The van der Waals surface area contributed by atoms with Crippen LogP contribution in [0.4, 0.5) is 10.5 Å². The molecule has 0 atom stereocenters. The monoisotopic (exact) mass is 386 g/mol. The van der Waals surface area contributed by atoms with Crippen molar-refractivity contribution >= 4 is 27.7 Å². The molecule has 1 aromatic rings. The zero-order valence-electron chi connectivity index (χ0n) is 13.2. The molecule has 23 heavy (non-hydrogen) atoms. The van der Waals surface area contributed by atoms with Crippen LogP contribution in [0.15, 0.2) is 22.7 Å². The lowest BCUT2D eigenvalue weighted by Crippen LogP contribution is -2.44. The van der Waals surface area contributed by atoms with Gasteiger partial charge >= 0.3 is 11.8 Å². The topological polar surface area (TPSA) is 90.7 Å². The predicted octanol–water partition coefficient (Wildman–Crippen LogP) is 3.79. The van der Waals surface area contributed by atoms with Crippen molar-refractivity contribution in [1.82, 2.24) is 5.32 Å². The van der Waals surface area contributed by atoms with E-state index < -0.39 is 22.2 Å². The second-order valence-corrected chi connectivity index (χ2v) is 7.48. The van der Waals surface area contributed by atoms with Gasteiger partial charge in [-0.2, -0.15) is 0 Å². The summed E-state index contributed by atoms with van der Waals surface area (Å²) < 4.78 is 11.4. The van der Waals surface area contributed by atoms with Crippen molar-refractivity contribution < 1.29 is 19.2 Å². The number of nitrogens with one attached hydrogen (secondary N) is 1. The number of halogens is 1. The summed E-state index contributed by atoms with van der Waals surface area (Å²) in [5, 5.41) is 13.9. The molecule has 1 aliphatic rings. The van der Waals surface area contributed by atoms with Gasteiger partial charge in [0, 0.05) is 10.5 Å². The molecule has 1 saturated carbocycles. The SMILES string of the molecule is CC(C)(C)OC(=O)NC1(COc2ccc(Br)cc2[N+](=O)[O-])CC1. The quantitative estimate of drug-likeness (QED) is 0.613. The maximum Gasteiger partial charge on any atom is 0.408 e. The van der Waals surface area contributed by atoms with Crippen LogP contribution in [-0.2, 0) is 4.74 Å². The molecule has 0 aliphatic heterocycles. The maximum absolute atomic E-state index is 11.8. The fourth-order valence-corrected chi connectivity index (χ4v) is 2.30. The van der Waals surface area contributed by atoms with Crippen molar-refractivity contribution in [1.29, 1.82) is 0 Å². The number of amides is 1. The summed E-state index contributed by atoms with van der Waals surface area (Å²) in [5.74, 6) is 0.176. The molecule has 0 aromatic heterocycles. The Bertz CT molecular complexity index is 623. The molecule has 8 heteroatoms. The van der Waals surface area contributed by atoms with Gasteiger partial charge in [0.05, 0.1) is 10.5 Å². The zero-order valence-corrected chi connectivity index (χ0v) is 14.8. The minimum absolute atomic E-state index is 0.118. The van der Waals surface area contributed by atoms with E-state index in [1.165, 1.54) is 12.1 Å². The lowest BCUT2D eigenvalue weighted by Gasteiger charge is -2.23. The number of hydrogen-bond acceptors (Lipinski definition) is 5. The summed E-state index contributed by atoms with van der Waals surface area (Å²) in [6.07, 6.45) is 0.983. The molecule has 0 spiro atoms. The van der Waals surface area contributed by atoms with Crippen LogP contribution in [0.3, 0.4) is 0 Å². The third-order valence-electron chi connectivity index (χ3n) is 3.24. The summed E-state index contributed by atoms with van der Waals surface area (Å²) in [6.45, 7) is 5.52. The first-order valence-corrected chi connectivity index (χ1v) is 7.97. The molecule has 1 amide bonds. The molecular weight excluding hydrogens is 368 g/mol. The lowest BCUT2D eigenvalue weighted by atomic mass is 10.2. The van der Waals surface area contributed by atoms with Gasteiger partial charge < -0.3 is 14.8 Å². The van der Waals surface area contributed by atoms with Crippen LogP contribution in [0, 0.1) is 10.1 Å². The fraction of sp³-hybridized carbons (Fsp3) is 0.533. The van der Waals surface area contributed by atoms with E-state index >= 15 is 0 Å². The Labute approximate surface area is 142 Å². The lowest BCUT2D eigenvalue weighted by molar-refractivity contribution is -0.386. The molecule has 1 N–H and O–H groups in total. The highest BCUT2D eigenvalue weighted by Crippen LogP contribution is 2.38. The Hall–Kier alpha value is -1.83. The van der Waals surface area contributed by atoms with Gasteiger partial charge in [0.25, 0.3) is 0 Å². The average molecular weight is 387 g/mol. The molecule has 2 rings (SSSR count). The molecular formula is C15H19BrN2O5. The summed E-state index contributed by atoms with van der Waals surface area (Å²) in [4.78, 5) is 22.4. The van der Waals surface area contributed by atoms with E-state index in [9.17, 15) is 14.9 Å². The van der Waals surface area contributed by atoms with Crippen LogP contribution in [0.2, 0.25) is 0 Å². The number of ether oxygens (including phenoxy) is 2. The summed E-state index contributed by atoms with van der Waals surface area (Å²) in [7, 11) is 0. The van der Waals surface area contributed by atoms with E-state index in [-0.39, 0.29) is 18.0 Å². The largest absolute Gasteiger partial charge is 0.484 e. The maximum atomic E-state index is 11.8. The first kappa shape index (κ1) is 17.5. The number of hydrogen-bond donors (Lipinski definition) is 1. The number of nitro groups is 1. The number of carbonyl (C=O) groups is 1. The van der Waals surface area contributed by atoms with Crippen LogP contribution < -0.4 is 10.1 Å². The zero-order chi connectivity index (χ0) is 17.3. The highest BCUT2D eigenvalue weighted by molar-refractivity contribution is 9.10. The highest BCUT2D eigenvalue weighted by atomic mass is 79.9. The van der Waals surface area contributed by atoms with Crippen LogP contribution in [-0.4, -0.2) is 28.8 Å². The van der Waals surface area contributed by atoms with Gasteiger partial charge in [0.15, 0.2) is 5.75 Å². The second-order valence-electron chi connectivity index (χ2n) is 6.57. The van der Waals surface area contributed by atoms with Gasteiger partial charge in [0.1, 0.15) is 12.2 Å². The van der Waals surface area contributed by atoms with Crippen molar-refractivity contribution in [2.45, 2.75) is 44.8 Å². The Morgan fingerprint density at radius 1 is 1.43 bits per heavy atom. The van der Waals surface area contributed by atoms with E-state index in [0.29, 0.717) is 4.47 Å². The Kier molecular flexibility index (Phi) is 4.84. The second kappa shape index (κ2) is 6.35. The van der Waals surface area contributed by atoms with E-state index in [2.05, 4.69) is 21.2 Å². The van der Waals surface area contributed by atoms with Crippen LogP contribution in [0.25, 0.3) is 0 Å². The van der Waals surface area contributed by atoms with E-state index in [1.807, 2.05) is 0 Å². The third-order valence-corrected chi connectivity index (χ3v) is 3.73. The minimum Gasteiger partial charge on any atom is -0.484 e. The molecule has 0 heterocycles. The first-order chi connectivity index (χ1) is 10.6. The number of alkyl carbamates (subject to hydrolysis) is 1. The van der Waals surface area contributed by atoms with E-state index in [4.69, 9.17) is 9.47 Å². The van der Waals surface area contributed by atoms with E-state index in [1.54, 1.807) is 26.8 Å². The summed E-state index contributed by atoms with van der Waals surface area (Å²) >= 11 is 3.19. The van der Waals surface area contributed by atoms with Crippen molar-refractivity contribution in [3.63, 3.8) is 0 Å². The molecule has 1 aromatic carbocycles. The first-order valence-electron chi connectivity index (χ1n) is 7.18. The van der Waals surface area contributed by atoms with Gasteiger partial charge in [-0.05, 0) is 45.7 Å². The normalized spacial score (nSPS) is 15.7. The molecule has 7 nitrogen and oxygen atoms in total.